The van der Waals surface area contributed by atoms with Gasteiger partial charge in [-0.2, -0.15) is 27.1 Å². The molecule has 11 nitrogen and oxygen atoms in total. The van der Waals surface area contributed by atoms with Crippen molar-refractivity contribution < 1.29 is 41.4 Å². The van der Waals surface area contributed by atoms with Crippen LogP contribution in [0.5, 0.6) is 0 Å². The molecule has 0 saturated carbocycles. The number of aliphatic carboxylic acids is 1. The van der Waals surface area contributed by atoms with Crippen LogP contribution >= 0.6 is 0 Å². The zero-order valence-corrected chi connectivity index (χ0v) is 18.5. The Kier molecular flexibility index (Phi) is 8.01. The number of benzene rings is 1. The number of carboxylic acids is 1. The minimum absolute atomic E-state index is 0.183. The number of fused-ring (bicyclic) bond motifs is 1. The van der Waals surface area contributed by atoms with Crippen LogP contribution < -0.4 is 16.7 Å². The molecule has 0 atom stereocenters. The summed E-state index contributed by atoms with van der Waals surface area (Å²) in [5.41, 5.74) is 7.02. The maximum absolute atomic E-state index is 12.8. The van der Waals surface area contributed by atoms with Crippen molar-refractivity contribution >= 4 is 17.7 Å². The number of anilines is 1. The van der Waals surface area contributed by atoms with E-state index in [1.54, 1.807) is 24.3 Å². The highest BCUT2D eigenvalue weighted by atomic mass is 19.4. The molecule has 0 saturated heterocycles. The molecule has 16 heteroatoms. The second kappa shape index (κ2) is 11.0. The van der Waals surface area contributed by atoms with Gasteiger partial charge in [0.25, 0.3) is 6.08 Å². The Morgan fingerprint density at radius 2 is 1.89 bits per heavy atom. The maximum Gasteiger partial charge on any atom is 0.490 e. The summed E-state index contributed by atoms with van der Waals surface area (Å²) in [4.78, 5) is 37.4. The number of hydrogen-bond acceptors (Lipinski definition) is 7. The van der Waals surface area contributed by atoms with E-state index in [4.69, 9.17) is 20.4 Å². The van der Waals surface area contributed by atoms with Gasteiger partial charge in [0.05, 0.1) is 17.9 Å². The SMILES string of the molecule is NCC(Cn1ncn(-c2cccc(-c3ccc4c(c3)NC(=O)OC4)n2)c1=O)=C(F)F.O=C(O)C(F)(F)F. The topological polar surface area (TPSA) is 154 Å². The van der Waals surface area contributed by atoms with E-state index in [2.05, 4.69) is 15.4 Å². The molecule has 1 amide bonds. The largest absolute Gasteiger partial charge is 0.490 e. The molecule has 0 spiro atoms. The molecule has 196 valence electrons. The average molecular weight is 528 g/mol. The Hall–Kier alpha value is -4.60. The number of alkyl halides is 3. The number of carbonyl (C=O) groups excluding carboxylic acids is 1. The van der Waals surface area contributed by atoms with Crippen molar-refractivity contribution in [1.82, 2.24) is 19.3 Å². The summed E-state index contributed by atoms with van der Waals surface area (Å²) in [6.07, 6.45) is -6.33. The first-order valence-corrected chi connectivity index (χ1v) is 10.1. The molecule has 1 aliphatic rings. The van der Waals surface area contributed by atoms with Crippen LogP contribution in [-0.4, -0.2) is 49.2 Å². The molecule has 0 radical (unpaired) electrons. The summed E-state index contributed by atoms with van der Waals surface area (Å²) in [6.45, 7) is -0.603. The molecule has 0 fully saturated rings. The van der Waals surface area contributed by atoms with Crippen molar-refractivity contribution in [3.8, 4) is 17.1 Å². The molecule has 0 aliphatic carbocycles. The number of nitrogens with one attached hydrogen (secondary N) is 1. The highest BCUT2D eigenvalue weighted by Gasteiger charge is 2.38. The first kappa shape index (κ1) is 27.0. The Morgan fingerprint density at radius 1 is 1.19 bits per heavy atom. The number of carboxylic acid groups (broad SMARTS) is 1. The second-order valence-electron chi connectivity index (χ2n) is 7.27. The molecule has 4 rings (SSSR count). The van der Waals surface area contributed by atoms with Gasteiger partial charge < -0.3 is 15.6 Å². The fourth-order valence-electron chi connectivity index (χ4n) is 2.97. The van der Waals surface area contributed by atoms with E-state index >= 15 is 0 Å². The van der Waals surface area contributed by atoms with Gasteiger partial charge in [-0.1, -0.05) is 18.2 Å². The number of ether oxygens (including phenoxy) is 1. The average Bonchev–Trinajstić information content (AvgIpc) is 3.21. The van der Waals surface area contributed by atoms with Crippen molar-refractivity contribution in [2.45, 2.75) is 19.3 Å². The predicted octanol–water partition coefficient (Wildman–Crippen LogP) is 2.90. The van der Waals surface area contributed by atoms with E-state index in [0.717, 1.165) is 14.8 Å². The van der Waals surface area contributed by atoms with Gasteiger partial charge in [0.2, 0.25) is 0 Å². The molecule has 0 bridgehead atoms. The van der Waals surface area contributed by atoms with E-state index in [1.807, 2.05) is 12.1 Å². The Labute approximate surface area is 203 Å². The third-order valence-corrected chi connectivity index (χ3v) is 4.81. The molecule has 37 heavy (non-hydrogen) atoms. The molecule has 2 aromatic heterocycles. The minimum Gasteiger partial charge on any atom is -0.475 e. The smallest absolute Gasteiger partial charge is 0.475 e. The number of nitrogens with two attached hydrogens (primary N) is 1. The van der Waals surface area contributed by atoms with Crippen molar-refractivity contribution in [2.24, 2.45) is 5.73 Å². The monoisotopic (exact) mass is 528 g/mol. The number of rotatable bonds is 5. The first-order valence-electron chi connectivity index (χ1n) is 10.1. The van der Waals surface area contributed by atoms with Crippen molar-refractivity contribution in [1.29, 1.82) is 0 Å². The number of cyclic esters (lactones) is 1. The van der Waals surface area contributed by atoms with Crippen molar-refractivity contribution in [3.63, 3.8) is 0 Å². The molecular weight excluding hydrogens is 511 g/mol. The lowest BCUT2D eigenvalue weighted by atomic mass is 10.1. The van der Waals surface area contributed by atoms with Gasteiger partial charge in [-0.3, -0.25) is 5.32 Å². The van der Waals surface area contributed by atoms with Crippen LogP contribution in [0.4, 0.5) is 32.4 Å². The first-order chi connectivity index (χ1) is 17.4. The van der Waals surface area contributed by atoms with E-state index in [0.29, 0.717) is 16.9 Å². The minimum atomic E-state index is -5.08. The number of hydrogen-bond donors (Lipinski definition) is 3. The van der Waals surface area contributed by atoms with Gasteiger partial charge in [-0.05, 0) is 18.2 Å². The van der Waals surface area contributed by atoms with Gasteiger partial charge in [0.15, 0.2) is 0 Å². The summed E-state index contributed by atoms with van der Waals surface area (Å²) in [7, 11) is 0. The fraction of sp³-hybridized carbons (Fsp3) is 0.190. The number of halogens is 5. The second-order valence-corrected chi connectivity index (χ2v) is 7.27. The van der Waals surface area contributed by atoms with Gasteiger partial charge >= 0.3 is 23.9 Å². The number of aromatic nitrogens is 4. The Balaban J connectivity index is 0.000000479. The van der Waals surface area contributed by atoms with Gasteiger partial charge in [0, 0.05) is 23.2 Å². The molecule has 1 aromatic carbocycles. The molecular formula is C21H17F5N6O5. The summed E-state index contributed by atoms with van der Waals surface area (Å²) in [5, 5.41) is 13.6. The van der Waals surface area contributed by atoms with Crippen LogP contribution in [0.25, 0.3) is 17.1 Å². The van der Waals surface area contributed by atoms with Crippen molar-refractivity contribution in [3.05, 3.63) is 70.4 Å². The van der Waals surface area contributed by atoms with Crippen LogP contribution in [0.3, 0.4) is 0 Å². The normalized spacial score (nSPS) is 12.4. The quantitative estimate of drug-likeness (QED) is 0.427. The Morgan fingerprint density at radius 3 is 2.51 bits per heavy atom. The van der Waals surface area contributed by atoms with Crippen LogP contribution in [0.1, 0.15) is 5.56 Å². The molecule has 3 aromatic rings. The summed E-state index contributed by atoms with van der Waals surface area (Å²) in [5.74, 6) is -2.49. The number of amides is 1. The molecule has 1 aliphatic heterocycles. The van der Waals surface area contributed by atoms with Gasteiger partial charge in [-0.25, -0.2) is 28.6 Å². The van der Waals surface area contributed by atoms with Gasteiger partial charge in [0.1, 0.15) is 18.8 Å². The third kappa shape index (κ3) is 6.54. The molecule has 3 heterocycles. The zero-order valence-electron chi connectivity index (χ0n) is 18.5. The van der Waals surface area contributed by atoms with Crippen LogP contribution in [0.15, 0.2) is 59.2 Å². The standard InChI is InChI=1S/C19H16F2N6O3.C2HF3O2/c20-17(21)13(7-22)8-27-19(29)26(10-23-27)16-3-1-2-14(24-16)11-4-5-12-9-30-18(28)25-15(12)6-11;3-2(4,5)1(6)7/h1-6,10H,7-9,22H2,(H,25,28);(H,6,7). The number of nitrogens with zero attached hydrogens (tertiary/aromatic N) is 4. The fourth-order valence-corrected chi connectivity index (χ4v) is 2.97. The summed E-state index contributed by atoms with van der Waals surface area (Å²) >= 11 is 0. The van der Waals surface area contributed by atoms with Crippen molar-refractivity contribution in [2.75, 3.05) is 11.9 Å². The van der Waals surface area contributed by atoms with Crippen LogP contribution in [-0.2, 0) is 22.7 Å². The lowest BCUT2D eigenvalue weighted by Gasteiger charge is -2.18. The third-order valence-electron chi connectivity index (χ3n) is 4.81. The van der Waals surface area contributed by atoms with E-state index in [-0.39, 0.29) is 24.5 Å². The van der Waals surface area contributed by atoms with E-state index in [1.165, 1.54) is 6.33 Å². The van der Waals surface area contributed by atoms with Crippen LogP contribution in [0, 0.1) is 0 Å². The van der Waals surface area contributed by atoms with Gasteiger partial charge in [-0.15, -0.1) is 0 Å². The number of carbonyl (C=O) groups is 2. The maximum atomic E-state index is 12.8. The zero-order chi connectivity index (χ0) is 27.3. The predicted molar refractivity (Wildman–Crippen MR) is 117 cm³/mol. The number of pyridine rings is 1. The Bertz CT molecular complexity index is 1410. The lowest BCUT2D eigenvalue weighted by Crippen LogP contribution is -2.26. The highest BCUT2D eigenvalue weighted by molar-refractivity contribution is 5.88. The highest BCUT2D eigenvalue weighted by Crippen LogP contribution is 2.28. The van der Waals surface area contributed by atoms with E-state index in [9.17, 15) is 31.5 Å². The lowest BCUT2D eigenvalue weighted by molar-refractivity contribution is -0.192. The molecule has 4 N–H and O–H groups in total. The van der Waals surface area contributed by atoms with Crippen LogP contribution in [0.2, 0.25) is 0 Å². The van der Waals surface area contributed by atoms with E-state index < -0.39 is 36.6 Å². The molecule has 0 unspecified atom stereocenters. The summed E-state index contributed by atoms with van der Waals surface area (Å²) in [6, 6.07) is 10.4. The summed E-state index contributed by atoms with van der Waals surface area (Å²) < 4.78 is 64.4.